The lowest BCUT2D eigenvalue weighted by atomic mass is 9.89. The molecule has 3 atom stereocenters. The number of carboxylic acid groups (broad SMARTS) is 1. The quantitative estimate of drug-likeness (QED) is 0.637. The van der Waals surface area contributed by atoms with Crippen molar-refractivity contribution in [2.45, 2.75) is 25.7 Å². The van der Waals surface area contributed by atoms with Gasteiger partial charge in [0.25, 0.3) is 0 Å². The number of hydrogen-bond donors (Lipinski definition) is 1. The van der Waals surface area contributed by atoms with Gasteiger partial charge in [-0.2, -0.15) is 0 Å². The lowest BCUT2D eigenvalue weighted by molar-refractivity contribution is -0.131. The van der Waals surface area contributed by atoms with Crippen LogP contribution in [0.1, 0.15) is 25.7 Å². The van der Waals surface area contributed by atoms with E-state index in [-0.39, 0.29) is 0 Å². The van der Waals surface area contributed by atoms with E-state index in [4.69, 9.17) is 5.11 Å². The molecule has 1 unspecified atom stereocenters. The zero-order valence-electron chi connectivity index (χ0n) is 7.07. The van der Waals surface area contributed by atoms with Gasteiger partial charge in [-0.05, 0) is 37.0 Å². The molecule has 0 aromatic carbocycles. The van der Waals surface area contributed by atoms with Crippen molar-refractivity contribution in [3.63, 3.8) is 0 Å². The lowest BCUT2D eigenvalue weighted by Crippen LogP contribution is -2.07. The molecule has 2 heteroatoms. The molecule has 0 aromatic rings. The highest BCUT2D eigenvalue weighted by Gasteiger charge is 2.37. The number of allylic oxidation sites excluding steroid dienone is 1. The normalized spacial score (nSPS) is 39.5. The van der Waals surface area contributed by atoms with Gasteiger partial charge in [-0.1, -0.05) is 12.5 Å². The van der Waals surface area contributed by atoms with E-state index in [1.807, 2.05) is 6.08 Å². The Morgan fingerprint density at radius 3 is 2.67 bits per heavy atom. The summed E-state index contributed by atoms with van der Waals surface area (Å²) in [6.45, 7) is 0. The summed E-state index contributed by atoms with van der Waals surface area (Å²) in [5.74, 6) is 1.46. The molecular weight excluding hydrogens is 152 g/mol. The maximum Gasteiger partial charge on any atom is 0.327 e. The fourth-order valence-corrected chi connectivity index (χ4v) is 2.74. The smallest absolute Gasteiger partial charge is 0.327 e. The van der Waals surface area contributed by atoms with E-state index in [1.54, 1.807) is 0 Å². The Balaban J connectivity index is 1.94. The first-order chi connectivity index (χ1) is 5.75. The topological polar surface area (TPSA) is 37.3 Å². The van der Waals surface area contributed by atoms with Crippen molar-refractivity contribution < 1.29 is 9.90 Å². The second-order valence-electron chi connectivity index (χ2n) is 4.04. The zero-order valence-corrected chi connectivity index (χ0v) is 7.07. The number of fused-ring (bicyclic) bond motifs is 2. The van der Waals surface area contributed by atoms with Crippen LogP contribution in [-0.2, 0) is 4.79 Å². The molecule has 0 spiro atoms. The molecule has 2 nitrogen and oxygen atoms in total. The predicted molar refractivity (Wildman–Crippen MR) is 45.7 cm³/mol. The van der Waals surface area contributed by atoms with Crippen LogP contribution in [0.4, 0.5) is 0 Å². The molecular formula is C10H14O2. The van der Waals surface area contributed by atoms with Crippen molar-refractivity contribution in [1.82, 2.24) is 0 Å². The second-order valence-corrected chi connectivity index (χ2v) is 4.04. The number of carbonyl (C=O) groups is 1. The van der Waals surface area contributed by atoms with Crippen molar-refractivity contribution in [2.24, 2.45) is 17.8 Å². The summed E-state index contributed by atoms with van der Waals surface area (Å²) >= 11 is 0. The van der Waals surface area contributed by atoms with Gasteiger partial charge in [-0.3, -0.25) is 0 Å². The third-order valence-corrected chi connectivity index (χ3v) is 3.28. The van der Waals surface area contributed by atoms with E-state index in [0.717, 1.165) is 11.8 Å². The van der Waals surface area contributed by atoms with Crippen molar-refractivity contribution in [2.75, 3.05) is 0 Å². The Labute approximate surface area is 72.3 Å². The molecule has 2 aliphatic rings. The van der Waals surface area contributed by atoms with Crippen molar-refractivity contribution in [1.29, 1.82) is 0 Å². The Bertz CT molecular complexity index is 220. The van der Waals surface area contributed by atoms with Crippen LogP contribution in [0, 0.1) is 17.8 Å². The summed E-state index contributed by atoms with van der Waals surface area (Å²) < 4.78 is 0. The van der Waals surface area contributed by atoms with Crippen LogP contribution in [0.5, 0.6) is 0 Å². The van der Waals surface area contributed by atoms with E-state index in [0.29, 0.717) is 5.92 Å². The zero-order chi connectivity index (χ0) is 8.55. The summed E-state index contributed by atoms with van der Waals surface area (Å²) in [6, 6.07) is 0. The van der Waals surface area contributed by atoms with Gasteiger partial charge in [0.15, 0.2) is 0 Å². The Morgan fingerprint density at radius 1 is 1.33 bits per heavy atom. The molecule has 0 aliphatic heterocycles. The van der Waals surface area contributed by atoms with E-state index in [1.165, 1.54) is 31.8 Å². The summed E-state index contributed by atoms with van der Waals surface area (Å²) in [5.41, 5.74) is 0. The average molecular weight is 166 g/mol. The Kier molecular flexibility index (Phi) is 1.91. The van der Waals surface area contributed by atoms with E-state index in [9.17, 15) is 4.79 Å². The van der Waals surface area contributed by atoms with Crippen LogP contribution in [-0.4, -0.2) is 11.1 Å². The highest BCUT2D eigenvalue weighted by molar-refractivity contribution is 5.79. The maximum atomic E-state index is 10.3. The fourth-order valence-electron chi connectivity index (χ4n) is 2.74. The average Bonchev–Trinajstić information content (AvgIpc) is 2.60. The van der Waals surface area contributed by atoms with Gasteiger partial charge in [0.05, 0.1) is 0 Å². The molecule has 0 radical (unpaired) electrons. The lowest BCUT2D eigenvalue weighted by Gasteiger charge is -2.17. The molecule has 0 saturated heterocycles. The summed E-state index contributed by atoms with van der Waals surface area (Å²) in [4.78, 5) is 10.3. The van der Waals surface area contributed by atoms with Crippen molar-refractivity contribution >= 4 is 5.97 Å². The summed E-state index contributed by atoms with van der Waals surface area (Å²) in [5, 5.41) is 8.46. The largest absolute Gasteiger partial charge is 0.478 e. The van der Waals surface area contributed by atoms with Crippen LogP contribution in [0.15, 0.2) is 12.2 Å². The van der Waals surface area contributed by atoms with Gasteiger partial charge in [-0.15, -0.1) is 0 Å². The minimum absolute atomic E-state index is 0.569. The van der Waals surface area contributed by atoms with E-state index < -0.39 is 5.97 Å². The van der Waals surface area contributed by atoms with E-state index in [2.05, 4.69) is 0 Å². The maximum absolute atomic E-state index is 10.3. The van der Waals surface area contributed by atoms with Crippen LogP contribution in [0.2, 0.25) is 0 Å². The van der Waals surface area contributed by atoms with Crippen LogP contribution >= 0.6 is 0 Å². The van der Waals surface area contributed by atoms with Gasteiger partial charge < -0.3 is 5.11 Å². The molecule has 0 aromatic heterocycles. The molecule has 2 bridgehead atoms. The number of rotatable bonds is 2. The van der Waals surface area contributed by atoms with E-state index >= 15 is 0 Å². The monoisotopic (exact) mass is 166 g/mol. The minimum atomic E-state index is -0.808. The molecule has 2 saturated carbocycles. The van der Waals surface area contributed by atoms with Gasteiger partial charge in [0, 0.05) is 6.08 Å². The number of aliphatic carboxylic acids is 1. The fraction of sp³-hybridized carbons (Fsp3) is 0.700. The van der Waals surface area contributed by atoms with Crippen LogP contribution in [0.3, 0.4) is 0 Å². The van der Waals surface area contributed by atoms with Crippen LogP contribution in [0.25, 0.3) is 0 Å². The first-order valence-electron chi connectivity index (χ1n) is 4.67. The summed E-state index contributed by atoms with van der Waals surface area (Å²) in [7, 11) is 0. The second kappa shape index (κ2) is 2.92. The molecule has 12 heavy (non-hydrogen) atoms. The molecule has 2 aliphatic carbocycles. The van der Waals surface area contributed by atoms with Crippen molar-refractivity contribution in [3.8, 4) is 0 Å². The first kappa shape index (κ1) is 7.84. The molecule has 66 valence electrons. The Hall–Kier alpha value is -0.790. The highest BCUT2D eigenvalue weighted by Crippen LogP contribution is 2.48. The molecule has 2 fully saturated rings. The van der Waals surface area contributed by atoms with Crippen LogP contribution < -0.4 is 0 Å². The van der Waals surface area contributed by atoms with Gasteiger partial charge in [-0.25, -0.2) is 4.79 Å². The SMILES string of the molecule is O=C(O)C=CC1C[C@@H]2CC[C@H]1C2. The first-order valence-corrected chi connectivity index (χ1v) is 4.67. The summed E-state index contributed by atoms with van der Waals surface area (Å²) in [6.07, 6.45) is 8.47. The Morgan fingerprint density at radius 2 is 2.17 bits per heavy atom. The molecule has 2 rings (SSSR count). The highest BCUT2D eigenvalue weighted by atomic mass is 16.4. The number of carboxylic acids is 1. The molecule has 0 amide bonds. The molecule has 0 heterocycles. The predicted octanol–water partition coefficient (Wildman–Crippen LogP) is 2.06. The standard InChI is InChI=1S/C10H14O2/c11-10(12)4-3-9-6-7-1-2-8(9)5-7/h3-4,7-9H,1-2,5-6H2,(H,11,12)/t7-,8+,9?/m1/s1. The molecule has 1 N–H and O–H groups in total. The van der Waals surface area contributed by atoms with Crippen molar-refractivity contribution in [3.05, 3.63) is 12.2 Å². The van der Waals surface area contributed by atoms with Gasteiger partial charge in [0.1, 0.15) is 0 Å². The third-order valence-electron chi connectivity index (χ3n) is 3.28. The van der Waals surface area contributed by atoms with Gasteiger partial charge in [0.2, 0.25) is 0 Å². The minimum Gasteiger partial charge on any atom is -0.478 e. The van der Waals surface area contributed by atoms with Gasteiger partial charge >= 0.3 is 5.97 Å². The third kappa shape index (κ3) is 1.38. The number of hydrogen-bond acceptors (Lipinski definition) is 1.